The molecule has 0 saturated heterocycles. The second kappa shape index (κ2) is 23.5. The molecule has 4 aromatic carbocycles. The van der Waals surface area contributed by atoms with Crippen molar-refractivity contribution in [1.82, 2.24) is 0 Å². The molecule has 0 aliphatic rings. The molecular formula is C47H61F9O8S. The van der Waals surface area contributed by atoms with Gasteiger partial charge in [0.25, 0.3) is 0 Å². The maximum absolute atomic E-state index is 15.2. The summed E-state index contributed by atoms with van der Waals surface area (Å²) >= 11 is 0. The first-order valence-corrected chi connectivity index (χ1v) is 24.0. The van der Waals surface area contributed by atoms with Crippen LogP contribution in [0.2, 0.25) is 0 Å². The van der Waals surface area contributed by atoms with E-state index in [9.17, 15) is 39.2 Å². The van der Waals surface area contributed by atoms with Gasteiger partial charge in [-0.3, -0.25) is 0 Å². The van der Waals surface area contributed by atoms with E-state index in [0.29, 0.717) is 91.8 Å². The largest absolute Gasteiger partial charge is 0.490 e. The van der Waals surface area contributed by atoms with Gasteiger partial charge in [0, 0.05) is 0 Å². The van der Waals surface area contributed by atoms with E-state index in [1.807, 2.05) is 27.7 Å². The fourth-order valence-electron chi connectivity index (χ4n) is 7.01. The maximum atomic E-state index is 15.2. The van der Waals surface area contributed by atoms with Gasteiger partial charge >= 0.3 is 33.4 Å². The van der Waals surface area contributed by atoms with E-state index in [4.69, 9.17) is 23.7 Å². The molecule has 18 heteroatoms. The van der Waals surface area contributed by atoms with Crippen molar-refractivity contribution in [1.29, 1.82) is 0 Å². The molecule has 0 amide bonds. The molecule has 0 aliphatic heterocycles. The minimum absolute atomic E-state index is 0.0544. The van der Waals surface area contributed by atoms with Crippen LogP contribution in [-0.2, 0) is 10.1 Å². The van der Waals surface area contributed by atoms with E-state index in [0.717, 1.165) is 63.9 Å². The zero-order valence-electron chi connectivity index (χ0n) is 37.7. The summed E-state index contributed by atoms with van der Waals surface area (Å²) in [7, 11) is -7.35. The van der Waals surface area contributed by atoms with Gasteiger partial charge in [-0.1, -0.05) is 98.8 Å². The van der Waals surface area contributed by atoms with Gasteiger partial charge in [0.2, 0.25) is 0 Å². The smallest absolute Gasteiger partial charge is 0.460 e. The van der Waals surface area contributed by atoms with Crippen molar-refractivity contribution < 1.29 is 75.8 Å². The number of alkyl halides is 9. The second-order valence-corrected chi connectivity index (χ2v) is 17.6. The van der Waals surface area contributed by atoms with E-state index < -0.39 is 44.9 Å². The molecular weight excluding hydrogens is 896 g/mol. The molecule has 0 radical (unpaired) electrons. The van der Waals surface area contributed by atoms with Crippen molar-refractivity contribution in [3.63, 3.8) is 0 Å². The first kappa shape index (κ1) is 53.4. The van der Waals surface area contributed by atoms with Crippen LogP contribution in [0.25, 0.3) is 32.3 Å². The minimum atomic E-state index is -7.51. The Kier molecular flexibility index (Phi) is 19.3. The topological polar surface area (TPSA) is 89.5 Å². The average Bonchev–Trinajstić information content (AvgIpc) is 3.25. The van der Waals surface area contributed by atoms with Gasteiger partial charge in [-0.05, 0) is 101 Å². The van der Waals surface area contributed by atoms with Crippen LogP contribution in [-0.4, -0.2) is 64.7 Å². The van der Waals surface area contributed by atoms with Gasteiger partial charge < -0.3 is 27.9 Å². The monoisotopic (exact) mass is 956 g/mol. The number of rotatable bonds is 30. The first-order valence-electron chi connectivity index (χ1n) is 22.6. The number of benzene rings is 4. The van der Waals surface area contributed by atoms with E-state index in [1.165, 1.54) is 6.07 Å². The standard InChI is InChI=1S/C47H61F9O8S/c1-6-11-16-21-59-38-26-32-33-27-39(60-22-17-12-7-2)41(62-24-19-14-9-4)29-35(33)37-31-43(64-65(57,58)47(55,56)45(50,51)44(48,49)46(52,53)54)42(63-25-20-15-10-5)30-36(37)34(32)28-40(38)61-23-18-13-8-3/h26-31H,6-25H2,1-5H3. The van der Waals surface area contributed by atoms with E-state index >= 15 is 8.78 Å². The van der Waals surface area contributed by atoms with Crippen LogP contribution in [0.1, 0.15) is 131 Å². The Morgan fingerprint density at radius 3 is 0.831 bits per heavy atom. The number of ether oxygens (including phenoxy) is 5. The van der Waals surface area contributed by atoms with Crippen LogP contribution >= 0.6 is 0 Å². The summed E-state index contributed by atoms with van der Waals surface area (Å²) in [5.74, 6) is -15.4. The molecule has 0 aliphatic carbocycles. The minimum Gasteiger partial charge on any atom is -0.490 e. The summed E-state index contributed by atoms with van der Waals surface area (Å²) in [4.78, 5) is 0. The van der Waals surface area contributed by atoms with E-state index in [-0.39, 0.29) is 35.1 Å². The third kappa shape index (κ3) is 12.4. The Labute approximate surface area is 375 Å². The predicted octanol–water partition coefficient (Wildman–Crippen LogP) is 15.1. The molecule has 4 aromatic rings. The quantitative estimate of drug-likeness (QED) is 0.0221. The molecule has 0 heterocycles. The molecule has 0 fully saturated rings. The maximum Gasteiger partial charge on any atom is 0.460 e. The van der Waals surface area contributed by atoms with Gasteiger partial charge in [-0.15, -0.1) is 0 Å². The molecule has 0 bridgehead atoms. The first-order chi connectivity index (χ1) is 30.7. The molecule has 0 aromatic heterocycles. The third-order valence-corrected chi connectivity index (χ3v) is 12.1. The summed E-state index contributed by atoms with van der Waals surface area (Å²) < 4.78 is 188. The fourth-order valence-corrected chi connectivity index (χ4v) is 7.92. The van der Waals surface area contributed by atoms with Crippen molar-refractivity contribution in [3.8, 4) is 34.5 Å². The van der Waals surface area contributed by atoms with E-state index in [2.05, 4.69) is 11.1 Å². The Hall–Kier alpha value is -4.22. The highest BCUT2D eigenvalue weighted by molar-refractivity contribution is 7.88. The Bertz CT molecular complexity index is 2220. The molecule has 0 unspecified atom stereocenters. The number of hydrogen-bond donors (Lipinski definition) is 0. The molecule has 65 heavy (non-hydrogen) atoms. The van der Waals surface area contributed by atoms with Crippen LogP contribution < -0.4 is 27.9 Å². The predicted molar refractivity (Wildman–Crippen MR) is 235 cm³/mol. The third-order valence-electron chi connectivity index (χ3n) is 10.8. The van der Waals surface area contributed by atoms with Crippen LogP contribution in [0.5, 0.6) is 34.5 Å². The number of fused-ring (bicyclic) bond motifs is 6. The summed E-state index contributed by atoms with van der Waals surface area (Å²) in [5, 5.41) is -5.03. The van der Waals surface area contributed by atoms with Crippen LogP contribution in [0.4, 0.5) is 39.5 Å². The molecule has 0 atom stereocenters. The van der Waals surface area contributed by atoms with Gasteiger partial charge in [-0.2, -0.15) is 47.9 Å². The lowest BCUT2D eigenvalue weighted by Crippen LogP contribution is -2.63. The number of hydrogen-bond acceptors (Lipinski definition) is 8. The Morgan fingerprint density at radius 1 is 0.369 bits per heavy atom. The Balaban J connectivity index is 2.13. The number of halogens is 9. The van der Waals surface area contributed by atoms with Crippen molar-refractivity contribution in [2.24, 2.45) is 0 Å². The molecule has 8 nitrogen and oxygen atoms in total. The summed E-state index contributed by atoms with van der Waals surface area (Å²) in [6.45, 7) is 11.1. The van der Waals surface area contributed by atoms with Gasteiger partial charge in [0.05, 0.1) is 33.0 Å². The SMILES string of the molecule is CCCCCOc1cc2c3cc(OCCCCC)c(OCCCCC)cc3c3cc(OS(=O)(=O)C(F)(F)C(F)(F)C(F)(F)C(F)(F)F)c(OCCCCC)cc3c2cc1OCCCCC. The molecule has 4 rings (SSSR count). The highest BCUT2D eigenvalue weighted by atomic mass is 32.2. The highest BCUT2D eigenvalue weighted by Gasteiger charge is 2.86. The van der Waals surface area contributed by atoms with Gasteiger partial charge in [0.1, 0.15) is 0 Å². The van der Waals surface area contributed by atoms with Crippen LogP contribution in [0.3, 0.4) is 0 Å². The van der Waals surface area contributed by atoms with Crippen molar-refractivity contribution >= 4 is 42.4 Å². The normalized spacial score (nSPS) is 12.9. The second-order valence-electron chi connectivity index (χ2n) is 16.0. The molecule has 0 N–H and O–H groups in total. The van der Waals surface area contributed by atoms with Crippen LogP contribution in [0.15, 0.2) is 36.4 Å². The van der Waals surface area contributed by atoms with Crippen LogP contribution in [0, 0.1) is 0 Å². The fraction of sp³-hybridized carbons (Fsp3) is 0.617. The van der Waals surface area contributed by atoms with E-state index in [1.54, 1.807) is 24.3 Å². The lowest BCUT2D eigenvalue weighted by atomic mass is 9.93. The highest BCUT2D eigenvalue weighted by Crippen LogP contribution is 2.56. The lowest BCUT2D eigenvalue weighted by Gasteiger charge is -2.32. The summed E-state index contributed by atoms with van der Waals surface area (Å²) in [5.41, 5.74) is 0. The van der Waals surface area contributed by atoms with Gasteiger partial charge in [0.15, 0.2) is 34.5 Å². The Morgan fingerprint density at radius 2 is 0.600 bits per heavy atom. The van der Waals surface area contributed by atoms with Crippen molar-refractivity contribution in [2.75, 3.05) is 33.0 Å². The van der Waals surface area contributed by atoms with Crippen molar-refractivity contribution in [2.45, 2.75) is 154 Å². The zero-order valence-corrected chi connectivity index (χ0v) is 38.5. The van der Waals surface area contributed by atoms with Gasteiger partial charge in [-0.25, -0.2) is 0 Å². The molecule has 0 saturated carbocycles. The summed E-state index contributed by atoms with van der Waals surface area (Å²) in [6.07, 6.45) is 4.34. The average molecular weight is 957 g/mol. The summed E-state index contributed by atoms with van der Waals surface area (Å²) in [6, 6.07) is 8.86. The van der Waals surface area contributed by atoms with Crippen molar-refractivity contribution in [3.05, 3.63) is 36.4 Å². The lowest BCUT2D eigenvalue weighted by molar-refractivity contribution is -0.382. The zero-order chi connectivity index (χ0) is 48.1. The molecule has 0 spiro atoms. The number of unbranched alkanes of at least 4 members (excludes halogenated alkanes) is 10. The molecule has 366 valence electrons.